The van der Waals surface area contributed by atoms with Crippen LogP contribution in [0.25, 0.3) is 11.1 Å². The number of benzene rings is 2. The fraction of sp³-hybridized carbons (Fsp3) is 0.250. The predicted molar refractivity (Wildman–Crippen MR) is 72.2 cm³/mol. The van der Waals surface area contributed by atoms with Crippen molar-refractivity contribution in [3.05, 3.63) is 54.1 Å². The number of hydrogen-bond donors (Lipinski definition) is 0. The van der Waals surface area contributed by atoms with Crippen LogP contribution in [-0.2, 0) is 0 Å². The third kappa shape index (κ3) is 3.31. The molecule has 0 heterocycles. The molecule has 0 unspecified atom stereocenters. The highest BCUT2D eigenvalue weighted by atomic mass is 19.2. The summed E-state index contributed by atoms with van der Waals surface area (Å²) in [5.74, 6) is -0.906. The Balaban J connectivity index is 2.16. The monoisotopic (exact) mass is 262 g/mol. The molecule has 0 atom stereocenters. The number of unbranched alkanes of at least 4 members (excludes halogenated alkanes) is 1. The van der Waals surface area contributed by atoms with Crippen molar-refractivity contribution in [3.63, 3.8) is 0 Å². The van der Waals surface area contributed by atoms with Crippen molar-refractivity contribution >= 4 is 0 Å². The zero-order chi connectivity index (χ0) is 13.7. The topological polar surface area (TPSA) is 9.23 Å². The number of rotatable bonds is 5. The molecule has 19 heavy (non-hydrogen) atoms. The van der Waals surface area contributed by atoms with Gasteiger partial charge in [-0.2, -0.15) is 0 Å². The van der Waals surface area contributed by atoms with E-state index < -0.39 is 11.6 Å². The molecule has 0 aliphatic rings. The highest BCUT2D eigenvalue weighted by molar-refractivity contribution is 5.64. The van der Waals surface area contributed by atoms with E-state index in [1.165, 1.54) is 6.07 Å². The maximum absolute atomic E-state index is 13.6. The van der Waals surface area contributed by atoms with Gasteiger partial charge in [-0.1, -0.05) is 37.6 Å². The van der Waals surface area contributed by atoms with E-state index in [9.17, 15) is 8.78 Å². The molecule has 0 radical (unpaired) electrons. The zero-order valence-electron chi connectivity index (χ0n) is 10.8. The van der Waals surface area contributed by atoms with E-state index >= 15 is 0 Å². The van der Waals surface area contributed by atoms with Crippen molar-refractivity contribution in [1.82, 2.24) is 0 Å². The summed E-state index contributed by atoms with van der Waals surface area (Å²) in [6.45, 7) is 2.77. The second kappa shape index (κ2) is 6.32. The highest BCUT2D eigenvalue weighted by Gasteiger charge is 2.09. The molecule has 0 aromatic heterocycles. The molecule has 0 saturated heterocycles. The van der Waals surface area contributed by atoms with Crippen molar-refractivity contribution < 1.29 is 13.5 Å². The van der Waals surface area contributed by atoms with Gasteiger partial charge in [0.15, 0.2) is 11.6 Å². The van der Waals surface area contributed by atoms with Gasteiger partial charge < -0.3 is 4.74 Å². The Bertz CT molecular complexity index is 535. The summed E-state index contributed by atoms with van der Waals surface area (Å²) < 4.78 is 32.3. The molecule has 0 bridgehead atoms. The Hall–Kier alpha value is -1.90. The van der Waals surface area contributed by atoms with E-state index in [0.717, 1.165) is 24.7 Å². The second-order valence-electron chi connectivity index (χ2n) is 4.33. The second-order valence-corrected chi connectivity index (χ2v) is 4.33. The van der Waals surface area contributed by atoms with Crippen LogP contribution < -0.4 is 4.74 Å². The van der Waals surface area contributed by atoms with E-state index in [1.54, 1.807) is 30.3 Å². The van der Waals surface area contributed by atoms with Gasteiger partial charge in [-0.05, 0) is 30.2 Å². The van der Waals surface area contributed by atoms with Gasteiger partial charge in [0, 0.05) is 5.56 Å². The van der Waals surface area contributed by atoms with Crippen LogP contribution in [0, 0.1) is 11.6 Å². The van der Waals surface area contributed by atoms with E-state index in [-0.39, 0.29) is 5.56 Å². The molecular formula is C16H16F2O. The summed E-state index contributed by atoms with van der Waals surface area (Å²) in [7, 11) is 0. The van der Waals surface area contributed by atoms with E-state index in [4.69, 9.17) is 4.74 Å². The predicted octanol–water partition coefficient (Wildman–Crippen LogP) is 4.81. The zero-order valence-corrected chi connectivity index (χ0v) is 10.8. The van der Waals surface area contributed by atoms with Crippen LogP contribution in [-0.4, -0.2) is 6.61 Å². The number of halogens is 2. The van der Waals surface area contributed by atoms with E-state index in [2.05, 4.69) is 6.92 Å². The van der Waals surface area contributed by atoms with Gasteiger partial charge in [-0.15, -0.1) is 0 Å². The molecule has 0 aliphatic carbocycles. The summed E-state index contributed by atoms with van der Waals surface area (Å²) in [6, 6.07) is 11.2. The van der Waals surface area contributed by atoms with Gasteiger partial charge in [0.2, 0.25) is 0 Å². The Kier molecular flexibility index (Phi) is 4.50. The van der Waals surface area contributed by atoms with Gasteiger partial charge in [0.05, 0.1) is 6.61 Å². The molecule has 2 aromatic rings. The Labute approximate surface area is 111 Å². The van der Waals surface area contributed by atoms with Crippen LogP contribution in [0.3, 0.4) is 0 Å². The van der Waals surface area contributed by atoms with Crippen LogP contribution in [0.1, 0.15) is 19.8 Å². The lowest BCUT2D eigenvalue weighted by atomic mass is 10.0. The fourth-order valence-corrected chi connectivity index (χ4v) is 1.79. The lowest BCUT2D eigenvalue weighted by molar-refractivity contribution is 0.309. The third-order valence-electron chi connectivity index (χ3n) is 2.88. The summed E-state index contributed by atoms with van der Waals surface area (Å²) in [4.78, 5) is 0. The summed E-state index contributed by atoms with van der Waals surface area (Å²) in [5.41, 5.74) is 0.903. The minimum absolute atomic E-state index is 0.264. The molecular weight excluding hydrogens is 246 g/mol. The number of ether oxygens (including phenoxy) is 1. The van der Waals surface area contributed by atoms with Gasteiger partial charge in [-0.3, -0.25) is 0 Å². The SMILES string of the molecule is CCCCOc1ccc(-c2cccc(F)c2F)cc1. The molecule has 2 aromatic carbocycles. The minimum Gasteiger partial charge on any atom is -0.494 e. The molecule has 2 rings (SSSR count). The summed E-state index contributed by atoms with van der Waals surface area (Å²) in [6.07, 6.45) is 2.08. The first-order valence-corrected chi connectivity index (χ1v) is 6.39. The Morgan fingerprint density at radius 2 is 1.74 bits per heavy atom. The summed E-state index contributed by atoms with van der Waals surface area (Å²) >= 11 is 0. The largest absolute Gasteiger partial charge is 0.494 e. The van der Waals surface area contributed by atoms with E-state index in [0.29, 0.717) is 12.2 Å². The van der Waals surface area contributed by atoms with Crippen molar-refractivity contribution in [2.45, 2.75) is 19.8 Å². The maximum atomic E-state index is 13.6. The first kappa shape index (κ1) is 13.5. The first-order valence-electron chi connectivity index (χ1n) is 6.39. The van der Waals surface area contributed by atoms with Crippen molar-refractivity contribution in [2.24, 2.45) is 0 Å². The van der Waals surface area contributed by atoms with Crippen LogP contribution in [0.4, 0.5) is 8.78 Å². The first-order chi connectivity index (χ1) is 9.22. The normalized spacial score (nSPS) is 10.5. The van der Waals surface area contributed by atoms with Gasteiger partial charge in [0.25, 0.3) is 0 Å². The molecule has 0 fully saturated rings. The fourth-order valence-electron chi connectivity index (χ4n) is 1.79. The highest BCUT2D eigenvalue weighted by Crippen LogP contribution is 2.26. The average Bonchev–Trinajstić information content (AvgIpc) is 2.43. The maximum Gasteiger partial charge on any atom is 0.166 e. The number of hydrogen-bond acceptors (Lipinski definition) is 1. The Morgan fingerprint density at radius 1 is 1.00 bits per heavy atom. The minimum atomic E-state index is -0.833. The van der Waals surface area contributed by atoms with Crippen LogP contribution >= 0.6 is 0 Å². The molecule has 0 saturated carbocycles. The van der Waals surface area contributed by atoms with Crippen LogP contribution in [0.5, 0.6) is 5.75 Å². The van der Waals surface area contributed by atoms with Gasteiger partial charge in [0.1, 0.15) is 5.75 Å². The van der Waals surface area contributed by atoms with Crippen molar-refractivity contribution in [3.8, 4) is 16.9 Å². The van der Waals surface area contributed by atoms with Crippen LogP contribution in [0.15, 0.2) is 42.5 Å². The van der Waals surface area contributed by atoms with Crippen molar-refractivity contribution in [2.75, 3.05) is 6.61 Å². The summed E-state index contributed by atoms with van der Waals surface area (Å²) in [5, 5.41) is 0. The van der Waals surface area contributed by atoms with Crippen molar-refractivity contribution in [1.29, 1.82) is 0 Å². The molecule has 0 amide bonds. The lowest BCUT2D eigenvalue weighted by Crippen LogP contribution is -1.96. The van der Waals surface area contributed by atoms with Gasteiger partial charge >= 0.3 is 0 Å². The smallest absolute Gasteiger partial charge is 0.166 e. The Morgan fingerprint density at radius 3 is 2.42 bits per heavy atom. The lowest BCUT2D eigenvalue weighted by Gasteiger charge is -2.07. The van der Waals surface area contributed by atoms with E-state index in [1.807, 2.05) is 0 Å². The van der Waals surface area contributed by atoms with Crippen LogP contribution in [0.2, 0.25) is 0 Å². The average molecular weight is 262 g/mol. The molecule has 100 valence electrons. The molecule has 0 aliphatic heterocycles. The quantitative estimate of drug-likeness (QED) is 0.702. The molecule has 0 N–H and O–H groups in total. The molecule has 1 nitrogen and oxygen atoms in total. The molecule has 0 spiro atoms. The van der Waals surface area contributed by atoms with Gasteiger partial charge in [-0.25, -0.2) is 8.78 Å². The molecule has 3 heteroatoms. The standard InChI is InChI=1S/C16H16F2O/c1-2-3-11-19-13-9-7-12(8-10-13)14-5-4-6-15(17)16(14)18/h4-10H,2-3,11H2,1H3. The third-order valence-corrected chi connectivity index (χ3v) is 2.88.